The molecule has 3 heteroatoms. The standard InChI is InChI=1S/C18H14O3/c19-15-7-6-13-10-16(18(21)11-14(13)9-15)17(20)8-12-4-2-1-3-5-12/h1-7,9-11,19,21H,8H2. The van der Waals surface area contributed by atoms with Crippen molar-refractivity contribution in [3.8, 4) is 11.5 Å². The molecule has 104 valence electrons. The molecule has 0 bridgehead atoms. The van der Waals surface area contributed by atoms with Crippen molar-refractivity contribution in [2.75, 3.05) is 0 Å². The van der Waals surface area contributed by atoms with Crippen molar-refractivity contribution in [3.05, 3.63) is 71.8 Å². The summed E-state index contributed by atoms with van der Waals surface area (Å²) in [6.07, 6.45) is 0.248. The van der Waals surface area contributed by atoms with Crippen LogP contribution in [0.3, 0.4) is 0 Å². The highest BCUT2D eigenvalue weighted by Crippen LogP contribution is 2.28. The summed E-state index contributed by atoms with van der Waals surface area (Å²) in [4.78, 5) is 12.3. The number of phenols is 2. The van der Waals surface area contributed by atoms with Crippen LogP contribution in [0.25, 0.3) is 10.8 Å². The Labute approximate surface area is 122 Å². The van der Waals surface area contributed by atoms with Crippen LogP contribution < -0.4 is 0 Å². The molecular formula is C18H14O3. The van der Waals surface area contributed by atoms with Gasteiger partial charge in [-0.15, -0.1) is 0 Å². The Hall–Kier alpha value is -2.81. The quantitative estimate of drug-likeness (QED) is 0.719. The summed E-state index contributed by atoms with van der Waals surface area (Å²) in [6, 6.07) is 17.4. The van der Waals surface area contributed by atoms with Crippen LogP contribution in [-0.2, 0) is 6.42 Å². The molecule has 3 nitrogen and oxygen atoms in total. The number of ketones is 1. The van der Waals surface area contributed by atoms with Gasteiger partial charge in [-0.3, -0.25) is 4.79 Å². The van der Waals surface area contributed by atoms with Crippen LogP contribution in [0.1, 0.15) is 15.9 Å². The summed E-state index contributed by atoms with van der Waals surface area (Å²) in [6.45, 7) is 0. The summed E-state index contributed by atoms with van der Waals surface area (Å²) in [5.74, 6) is -0.0621. The van der Waals surface area contributed by atoms with Gasteiger partial charge in [-0.2, -0.15) is 0 Å². The zero-order valence-corrected chi connectivity index (χ0v) is 11.3. The maximum Gasteiger partial charge on any atom is 0.170 e. The lowest BCUT2D eigenvalue weighted by Crippen LogP contribution is -2.03. The minimum atomic E-state index is -0.131. The molecule has 0 saturated heterocycles. The summed E-state index contributed by atoms with van der Waals surface area (Å²) < 4.78 is 0. The Balaban J connectivity index is 1.98. The van der Waals surface area contributed by atoms with Gasteiger partial charge < -0.3 is 10.2 Å². The van der Waals surface area contributed by atoms with Gasteiger partial charge in [0.15, 0.2) is 5.78 Å². The Bertz CT molecular complexity index is 807. The van der Waals surface area contributed by atoms with E-state index in [1.54, 1.807) is 24.3 Å². The molecule has 0 heterocycles. The van der Waals surface area contributed by atoms with Gasteiger partial charge in [0.2, 0.25) is 0 Å². The number of hydrogen-bond acceptors (Lipinski definition) is 3. The lowest BCUT2D eigenvalue weighted by molar-refractivity contribution is 0.0990. The Morgan fingerprint density at radius 1 is 0.857 bits per heavy atom. The van der Waals surface area contributed by atoms with Gasteiger partial charge in [0.25, 0.3) is 0 Å². The van der Waals surface area contributed by atoms with Gasteiger partial charge in [-0.05, 0) is 40.6 Å². The lowest BCUT2D eigenvalue weighted by atomic mass is 9.99. The predicted octanol–water partition coefficient (Wildman–Crippen LogP) is 3.68. The van der Waals surface area contributed by atoms with Crippen molar-refractivity contribution >= 4 is 16.6 Å². The van der Waals surface area contributed by atoms with Crippen molar-refractivity contribution in [2.45, 2.75) is 6.42 Å². The molecular weight excluding hydrogens is 264 g/mol. The van der Waals surface area contributed by atoms with Crippen molar-refractivity contribution in [3.63, 3.8) is 0 Å². The van der Waals surface area contributed by atoms with E-state index in [0.29, 0.717) is 10.9 Å². The second kappa shape index (κ2) is 5.29. The molecule has 21 heavy (non-hydrogen) atoms. The average Bonchev–Trinajstić information content (AvgIpc) is 2.47. The number of carbonyl (C=O) groups excluding carboxylic acids is 1. The number of benzene rings is 3. The molecule has 0 fully saturated rings. The maximum atomic E-state index is 12.3. The smallest absolute Gasteiger partial charge is 0.170 e. The van der Waals surface area contributed by atoms with Crippen LogP contribution in [0, 0.1) is 0 Å². The number of carbonyl (C=O) groups is 1. The molecule has 0 amide bonds. The summed E-state index contributed by atoms with van der Waals surface area (Å²) >= 11 is 0. The monoisotopic (exact) mass is 278 g/mol. The van der Waals surface area contributed by atoms with E-state index in [1.165, 1.54) is 6.07 Å². The lowest BCUT2D eigenvalue weighted by Gasteiger charge is -2.07. The van der Waals surface area contributed by atoms with Crippen LogP contribution in [0.5, 0.6) is 11.5 Å². The van der Waals surface area contributed by atoms with E-state index in [4.69, 9.17) is 0 Å². The predicted molar refractivity (Wildman–Crippen MR) is 81.8 cm³/mol. The molecule has 0 spiro atoms. The molecule has 0 aliphatic heterocycles. The molecule has 0 aliphatic rings. The molecule has 0 saturated carbocycles. The number of Topliss-reactive ketones (excluding diaryl/α,β-unsaturated/α-hetero) is 1. The fourth-order valence-corrected chi connectivity index (χ4v) is 2.37. The molecule has 0 aliphatic carbocycles. The molecule has 3 aromatic rings. The van der Waals surface area contributed by atoms with Gasteiger partial charge in [0, 0.05) is 6.42 Å². The van der Waals surface area contributed by atoms with Crippen LogP contribution in [-0.4, -0.2) is 16.0 Å². The topological polar surface area (TPSA) is 57.5 Å². The Morgan fingerprint density at radius 3 is 2.38 bits per heavy atom. The molecule has 0 radical (unpaired) electrons. The fraction of sp³-hybridized carbons (Fsp3) is 0.0556. The second-order valence-corrected chi connectivity index (χ2v) is 4.99. The van der Waals surface area contributed by atoms with E-state index in [1.807, 2.05) is 30.3 Å². The van der Waals surface area contributed by atoms with Gasteiger partial charge in [-0.1, -0.05) is 36.4 Å². The van der Waals surface area contributed by atoms with Crippen molar-refractivity contribution in [2.24, 2.45) is 0 Å². The zero-order chi connectivity index (χ0) is 14.8. The zero-order valence-electron chi connectivity index (χ0n) is 11.3. The first kappa shape index (κ1) is 13.2. The molecule has 3 aromatic carbocycles. The van der Waals surface area contributed by atoms with Crippen molar-refractivity contribution < 1.29 is 15.0 Å². The van der Waals surface area contributed by atoms with Crippen LogP contribution >= 0.6 is 0 Å². The average molecular weight is 278 g/mol. The first-order chi connectivity index (χ1) is 10.1. The SMILES string of the molecule is O=C(Cc1ccccc1)c1cc2ccc(O)cc2cc1O. The summed E-state index contributed by atoms with van der Waals surface area (Å²) in [5, 5.41) is 21.0. The van der Waals surface area contributed by atoms with E-state index in [9.17, 15) is 15.0 Å². The van der Waals surface area contributed by atoms with Gasteiger partial charge in [0.1, 0.15) is 11.5 Å². The number of rotatable bonds is 3. The third kappa shape index (κ3) is 2.72. The van der Waals surface area contributed by atoms with E-state index in [2.05, 4.69) is 0 Å². The minimum Gasteiger partial charge on any atom is -0.508 e. The minimum absolute atomic E-state index is 0.0611. The first-order valence-corrected chi connectivity index (χ1v) is 6.66. The van der Waals surface area contributed by atoms with Crippen LogP contribution in [0.2, 0.25) is 0 Å². The highest BCUT2D eigenvalue weighted by molar-refractivity contribution is 6.03. The first-order valence-electron chi connectivity index (χ1n) is 6.66. The number of hydrogen-bond donors (Lipinski definition) is 2. The third-order valence-electron chi connectivity index (χ3n) is 3.45. The van der Waals surface area contributed by atoms with Gasteiger partial charge in [0.05, 0.1) is 5.56 Å². The van der Waals surface area contributed by atoms with Gasteiger partial charge >= 0.3 is 0 Å². The molecule has 3 rings (SSSR count). The van der Waals surface area contributed by atoms with Crippen LogP contribution in [0.15, 0.2) is 60.7 Å². The maximum absolute atomic E-state index is 12.3. The van der Waals surface area contributed by atoms with Crippen molar-refractivity contribution in [1.82, 2.24) is 0 Å². The third-order valence-corrected chi connectivity index (χ3v) is 3.45. The Kier molecular flexibility index (Phi) is 3.32. The normalized spacial score (nSPS) is 10.7. The van der Waals surface area contributed by atoms with E-state index >= 15 is 0 Å². The second-order valence-electron chi connectivity index (χ2n) is 4.99. The highest BCUT2D eigenvalue weighted by atomic mass is 16.3. The van der Waals surface area contributed by atoms with E-state index in [-0.39, 0.29) is 23.7 Å². The highest BCUT2D eigenvalue weighted by Gasteiger charge is 2.13. The number of fused-ring (bicyclic) bond motifs is 1. The van der Waals surface area contributed by atoms with Gasteiger partial charge in [-0.25, -0.2) is 0 Å². The Morgan fingerprint density at radius 2 is 1.62 bits per heavy atom. The number of aromatic hydroxyl groups is 2. The summed E-state index contributed by atoms with van der Waals surface area (Å²) in [5.41, 5.74) is 1.21. The summed E-state index contributed by atoms with van der Waals surface area (Å²) in [7, 11) is 0. The molecule has 0 unspecified atom stereocenters. The van der Waals surface area contributed by atoms with Crippen molar-refractivity contribution in [1.29, 1.82) is 0 Å². The van der Waals surface area contributed by atoms with E-state index in [0.717, 1.165) is 10.9 Å². The fourth-order valence-electron chi connectivity index (χ4n) is 2.37. The van der Waals surface area contributed by atoms with E-state index < -0.39 is 0 Å². The van der Waals surface area contributed by atoms with Crippen LogP contribution in [0.4, 0.5) is 0 Å². The molecule has 2 N–H and O–H groups in total. The molecule has 0 atom stereocenters. The largest absolute Gasteiger partial charge is 0.508 e. The number of phenolic OH excluding ortho intramolecular Hbond substituents is 2. The molecule has 0 aromatic heterocycles.